The normalized spacial score (nSPS) is 14.1. The maximum absolute atomic E-state index is 11.8. The van der Waals surface area contributed by atoms with Gasteiger partial charge in [0.2, 0.25) is 0 Å². The van der Waals surface area contributed by atoms with Crippen molar-refractivity contribution in [3.05, 3.63) is 0 Å². The Labute approximate surface area is 116 Å². The fourth-order valence-corrected chi connectivity index (χ4v) is 1.61. The topological polar surface area (TPSA) is 50.7 Å². The van der Waals surface area contributed by atoms with E-state index in [1.54, 1.807) is 0 Å². The molecule has 0 aliphatic carbocycles. The molecule has 0 radical (unpaired) electrons. The number of aliphatic hydroxyl groups excluding tert-OH is 1. The lowest BCUT2D eigenvalue weighted by Crippen LogP contribution is -2.32. The van der Waals surface area contributed by atoms with Crippen LogP contribution >= 0.6 is 11.8 Å². The summed E-state index contributed by atoms with van der Waals surface area (Å²) in [6.07, 6.45) is -0.587. The van der Waals surface area contributed by atoms with Gasteiger partial charge >= 0.3 is 5.51 Å². The third-order valence-corrected chi connectivity index (χ3v) is 2.65. The zero-order valence-corrected chi connectivity index (χ0v) is 12.0. The lowest BCUT2D eigenvalue weighted by atomic mass is 10.4. The molecule has 0 rings (SSSR count). The van der Waals surface area contributed by atoms with Crippen molar-refractivity contribution in [3.63, 3.8) is 0 Å². The number of halogens is 3. The number of alkyl halides is 3. The second-order valence-electron chi connectivity index (χ2n) is 4.15. The standard InChI is InChI=1S/C11H22F3NO3S/c1-9(2)18-5-4-17-8-10(16)7-15-3-6-19-11(12,13)14/h9-10,15-16H,3-8H2,1-2H3. The Kier molecular flexibility index (Phi) is 10.7. The van der Waals surface area contributed by atoms with Gasteiger partial charge in [-0.3, -0.25) is 0 Å². The van der Waals surface area contributed by atoms with Crippen molar-refractivity contribution in [2.45, 2.75) is 31.6 Å². The number of hydrogen-bond acceptors (Lipinski definition) is 5. The summed E-state index contributed by atoms with van der Waals surface area (Å²) in [7, 11) is 0. The molecule has 0 bridgehead atoms. The van der Waals surface area contributed by atoms with Crippen LogP contribution in [-0.4, -0.2) is 61.5 Å². The zero-order valence-electron chi connectivity index (χ0n) is 11.2. The molecular formula is C11H22F3NO3S. The summed E-state index contributed by atoms with van der Waals surface area (Å²) >= 11 is -0.0796. The Bertz CT molecular complexity index is 218. The van der Waals surface area contributed by atoms with Crippen molar-refractivity contribution in [2.24, 2.45) is 0 Å². The number of rotatable bonds is 11. The van der Waals surface area contributed by atoms with Crippen LogP contribution in [0, 0.1) is 0 Å². The molecule has 0 saturated heterocycles. The maximum Gasteiger partial charge on any atom is 0.441 e. The monoisotopic (exact) mass is 305 g/mol. The van der Waals surface area contributed by atoms with Crippen molar-refractivity contribution in [2.75, 3.05) is 38.7 Å². The zero-order chi connectivity index (χ0) is 14.7. The van der Waals surface area contributed by atoms with E-state index in [2.05, 4.69) is 5.32 Å². The van der Waals surface area contributed by atoms with E-state index in [0.717, 1.165) is 0 Å². The van der Waals surface area contributed by atoms with Crippen LogP contribution in [-0.2, 0) is 9.47 Å². The van der Waals surface area contributed by atoms with Gasteiger partial charge in [0.1, 0.15) is 0 Å². The average Bonchev–Trinajstić information content (AvgIpc) is 2.26. The van der Waals surface area contributed by atoms with E-state index >= 15 is 0 Å². The lowest BCUT2D eigenvalue weighted by Gasteiger charge is -2.13. The Morgan fingerprint density at radius 1 is 1.26 bits per heavy atom. The highest BCUT2D eigenvalue weighted by Crippen LogP contribution is 2.29. The maximum atomic E-state index is 11.8. The molecular weight excluding hydrogens is 283 g/mol. The predicted molar refractivity (Wildman–Crippen MR) is 69.3 cm³/mol. The number of ether oxygens (including phenoxy) is 2. The van der Waals surface area contributed by atoms with E-state index in [4.69, 9.17) is 9.47 Å². The van der Waals surface area contributed by atoms with Gasteiger partial charge in [-0.15, -0.1) is 0 Å². The second kappa shape index (κ2) is 10.7. The van der Waals surface area contributed by atoms with Gasteiger partial charge in [-0.05, 0) is 25.6 Å². The predicted octanol–water partition coefficient (Wildman–Crippen LogP) is 1.63. The van der Waals surface area contributed by atoms with Crippen LogP contribution in [0.2, 0.25) is 0 Å². The number of nitrogens with one attached hydrogen (secondary N) is 1. The summed E-state index contributed by atoms with van der Waals surface area (Å²) in [6.45, 7) is 5.22. The minimum Gasteiger partial charge on any atom is -0.389 e. The van der Waals surface area contributed by atoms with Gasteiger partial charge in [0.15, 0.2) is 0 Å². The number of aliphatic hydroxyl groups is 1. The molecule has 19 heavy (non-hydrogen) atoms. The fourth-order valence-electron chi connectivity index (χ4n) is 1.13. The SMILES string of the molecule is CC(C)OCCOCC(O)CNCCSC(F)(F)F. The Morgan fingerprint density at radius 2 is 1.95 bits per heavy atom. The highest BCUT2D eigenvalue weighted by Gasteiger charge is 2.27. The lowest BCUT2D eigenvalue weighted by molar-refractivity contribution is -0.0327. The third kappa shape index (κ3) is 15.9. The van der Waals surface area contributed by atoms with Crippen LogP contribution in [0.1, 0.15) is 13.8 Å². The van der Waals surface area contributed by atoms with Crippen molar-refractivity contribution >= 4 is 11.8 Å². The summed E-state index contributed by atoms with van der Waals surface area (Å²) < 4.78 is 45.8. The largest absolute Gasteiger partial charge is 0.441 e. The van der Waals surface area contributed by atoms with Crippen LogP contribution in [0.15, 0.2) is 0 Å². The quantitative estimate of drug-likeness (QED) is 0.568. The van der Waals surface area contributed by atoms with E-state index in [-0.39, 0.29) is 43.3 Å². The van der Waals surface area contributed by atoms with Crippen molar-refractivity contribution in [1.29, 1.82) is 0 Å². The summed E-state index contributed by atoms with van der Waals surface area (Å²) in [5, 5.41) is 12.2. The van der Waals surface area contributed by atoms with E-state index in [1.165, 1.54) is 0 Å². The van der Waals surface area contributed by atoms with Gasteiger partial charge in [-0.25, -0.2) is 0 Å². The first-order valence-electron chi connectivity index (χ1n) is 6.10. The van der Waals surface area contributed by atoms with Gasteiger partial charge in [0.25, 0.3) is 0 Å². The molecule has 0 heterocycles. The molecule has 0 saturated carbocycles. The fraction of sp³-hybridized carbons (Fsp3) is 1.00. The summed E-state index contributed by atoms with van der Waals surface area (Å²) in [6, 6.07) is 0. The number of thioether (sulfide) groups is 1. The highest BCUT2D eigenvalue weighted by molar-refractivity contribution is 8.00. The van der Waals surface area contributed by atoms with E-state index < -0.39 is 11.6 Å². The molecule has 4 nitrogen and oxygen atoms in total. The molecule has 0 fully saturated rings. The van der Waals surface area contributed by atoms with Gasteiger partial charge in [-0.2, -0.15) is 13.2 Å². The molecule has 1 unspecified atom stereocenters. The van der Waals surface area contributed by atoms with Crippen molar-refractivity contribution in [1.82, 2.24) is 5.32 Å². The minimum atomic E-state index is -4.19. The number of hydrogen-bond donors (Lipinski definition) is 2. The van der Waals surface area contributed by atoms with E-state index in [9.17, 15) is 18.3 Å². The molecule has 0 aliphatic heterocycles. The molecule has 0 amide bonds. The third-order valence-electron chi connectivity index (χ3n) is 1.91. The van der Waals surface area contributed by atoms with Crippen molar-refractivity contribution < 1.29 is 27.8 Å². The van der Waals surface area contributed by atoms with Crippen LogP contribution in [0.25, 0.3) is 0 Å². The summed E-state index contributed by atoms with van der Waals surface area (Å²) in [5.74, 6) is -0.0701. The van der Waals surface area contributed by atoms with E-state index in [1.807, 2.05) is 13.8 Å². The Balaban J connectivity index is 3.28. The first kappa shape index (κ1) is 19.0. The molecule has 0 aromatic carbocycles. The minimum absolute atomic E-state index is 0.0701. The van der Waals surface area contributed by atoms with Crippen LogP contribution in [0.5, 0.6) is 0 Å². The highest BCUT2D eigenvalue weighted by atomic mass is 32.2. The average molecular weight is 305 g/mol. The summed E-state index contributed by atoms with van der Waals surface area (Å²) in [5.41, 5.74) is -4.19. The molecule has 116 valence electrons. The van der Waals surface area contributed by atoms with Gasteiger partial charge in [0, 0.05) is 18.8 Å². The molecule has 0 spiro atoms. The first-order valence-corrected chi connectivity index (χ1v) is 7.08. The van der Waals surface area contributed by atoms with Crippen LogP contribution < -0.4 is 5.32 Å². The molecule has 0 aromatic rings. The molecule has 0 aliphatic rings. The van der Waals surface area contributed by atoms with Crippen LogP contribution in [0.4, 0.5) is 13.2 Å². The van der Waals surface area contributed by atoms with Gasteiger partial charge < -0.3 is 19.9 Å². The van der Waals surface area contributed by atoms with Crippen LogP contribution in [0.3, 0.4) is 0 Å². The van der Waals surface area contributed by atoms with Gasteiger partial charge in [-0.1, -0.05) is 0 Å². The molecule has 2 N–H and O–H groups in total. The second-order valence-corrected chi connectivity index (χ2v) is 5.31. The first-order chi connectivity index (χ1) is 8.81. The summed E-state index contributed by atoms with van der Waals surface area (Å²) in [4.78, 5) is 0. The molecule has 0 aromatic heterocycles. The van der Waals surface area contributed by atoms with Gasteiger partial charge in [0.05, 0.1) is 32.0 Å². The van der Waals surface area contributed by atoms with Crippen molar-refractivity contribution in [3.8, 4) is 0 Å². The Hall–Kier alpha value is -0.0200. The van der Waals surface area contributed by atoms with E-state index in [0.29, 0.717) is 13.2 Å². The molecule has 1 atom stereocenters. The Morgan fingerprint density at radius 3 is 2.53 bits per heavy atom. The molecule has 8 heteroatoms. The smallest absolute Gasteiger partial charge is 0.389 e.